The first kappa shape index (κ1) is 20.2. The number of aromatic nitrogens is 4. The Kier molecular flexibility index (Phi) is 5.71. The van der Waals surface area contributed by atoms with E-state index in [1.165, 1.54) is 24.1 Å². The van der Waals surface area contributed by atoms with Gasteiger partial charge in [0.1, 0.15) is 17.9 Å². The molecule has 0 saturated carbocycles. The second-order valence-electron chi connectivity index (χ2n) is 6.88. The van der Waals surface area contributed by atoms with Crippen LogP contribution in [0.15, 0.2) is 28.8 Å². The summed E-state index contributed by atoms with van der Waals surface area (Å²) in [5.74, 6) is 0.362. The molecule has 0 atom stereocenters. The van der Waals surface area contributed by atoms with Crippen molar-refractivity contribution in [1.82, 2.24) is 19.9 Å². The lowest BCUT2D eigenvalue weighted by Gasteiger charge is -2.04. The fraction of sp³-hybridized carbons (Fsp3) is 0.368. The molecular formula is C19H21N5O5. The van der Waals surface area contributed by atoms with Crippen LogP contribution in [0.3, 0.4) is 0 Å². The quantitative estimate of drug-likeness (QED) is 0.336. The molecule has 0 spiro atoms. The predicted molar refractivity (Wildman–Crippen MR) is 102 cm³/mol. The number of nitrogens with zero attached hydrogens (tertiary/aromatic N) is 5. The van der Waals surface area contributed by atoms with Crippen LogP contribution in [0.4, 0.5) is 5.69 Å². The van der Waals surface area contributed by atoms with Gasteiger partial charge < -0.3 is 9.26 Å². The summed E-state index contributed by atoms with van der Waals surface area (Å²) in [7, 11) is 0. The highest BCUT2D eigenvalue weighted by Gasteiger charge is 2.23. The minimum atomic E-state index is -0.619. The van der Waals surface area contributed by atoms with Crippen LogP contribution in [0.1, 0.15) is 42.6 Å². The smallest absolute Gasteiger partial charge is 0.328 e. The van der Waals surface area contributed by atoms with Crippen LogP contribution in [0.5, 0.6) is 0 Å². The minimum Gasteiger partial charge on any atom is -0.454 e. The van der Waals surface area contributed by atoms with Gasteiger partial charge in [0.25, 0.3) is 5.89 Å². The Bertz CT molecular complexity index is 1040. The molecule has 10 heteroatoms. The number of aryl methyl sites for hydroxylation is 1. The Hall–Kier alpha value is -3.56. The van der Waals surface area contributed by atoms with Crippen molar-refractivity contribution in [2.24, 2.45) is 0 Å². The Morgan fingerprint density at radius 3 is 2.55 bits per heavy atom. The van der Waals surface area contributed by atoms with E-state index in [9.17, 15) is 14.9 Å². The molecule has 1 aromatic carbocycles. The van der Waals surface area contributed by atoms with Crippen molar-refractivity contribution in [1.29, 1.82) is 0 Å². The topological polar surface area (TPSA) is 126 Å². The standard InChI is InChI=1S/C19H21N5O5/c1-11(2)14-5-7-15(8-6-14)19-20-16(29-22-19)10-28-17(25)9-23-13(4)18(24(26)27)12(3)21-23/h5-8,11H,9-10H2,1-4H3. The first-order valence-corrected chi connectivity index (χ1v) is 9.03. The molecule has 0 aliphatic rings. The number of hydrogen-bond acceptors (Lipinski definition) is 8. The van der Waals surface area contributed by atoms with Gasteiger partial charge in [0.2, 0.25) is 5.82 Å². The van der Waals surface area contributed by atoms with Crippen molar-refractivity contribution in [2.75, 3.05) is 0 Å². The normalized spacial score (nSPS) is 11.1. The van der Waals surface area contributed by atoms with Crippen molar-refractivity contribution in [3.63, 3.8) is 0 Å². The molecule has 0 N–H and O–H groups in total. The summed E-state index contributed by atoms with van der Waals surface area (Å²) in [5.41, 5.74) is 2.42. The van der Waals surface area contributed by atoms with E-state index in [0.717, 1.165) is 5.56 Å². The van der Waals surface area contributed by atoms with Crippen LogP contribution in [-0.4, -0.2) is 30.8 Å². The van der Waals surface area contributed by atoms with Crippen LogP contribution in [0, 0.1) is 24.0 Å². The fourth-order valence-electron chi connectivity index (χ4n) is 2.86. The number of esters is 1. The fourth-order valence-corrected chi connectivity index (χ4v) is 2.86. The van der Waals surface area contributed by atoms with E-state index in [0.29, 0.717) is 11.7 Å². The highest BCUT2D eigenvalue weighted by molar-refractivity contribution is 5.69. The molecule has 10 nitrogen and oxygen atoms in total. The summed E-state index contributed by atoms with van der Waals surface area (Å²) in [6.45, 7) is 6.82. The summed E-state index contributed by atoms with van der Waals surface area (Å²) in [6, 6.07) is 7.82. The highest BCUT2D eigenvalue weighted by Crippen LogP contribution is 2.22. The molecule has 0 bridgehead atoms. The van der Waals surface area contributed by atoms with Crippen molar-refractivity contribution in [3.8, 4) is 11.4 Å². The van der Waals surface area contributed by atoms with E-state index >= 15 is 0 Å². The van der Waals surface area contributed by atoms with Crippen molar-refractivity contribution in [3.05, 3.63) is 57.2 Å². The van der Waals surface area contributed by atoms with E-state index < -0.39 is 10.9 Å². The number of carbonyl (C=O) groups is 1. The molecule has 0 amide bonds. The number of ether oxygens (including phenoxy) is 1. The molecule has 0 radical (unpaired) electrons. The van der Waals surface area contributed by atoms with Gasteiger partial charge in [-0.1, -0.05) is 43.3 Å². The van der Waals surface area contributed by atoms with Gasteiger partial charge >= 0.3 is 11.7 Å². The van der Waals surface area contributed by atoms with Crippen molar-refractivity contribution in [2.45, 2.75) is 46.8 Å². The van der Waals surface area contributed by atoms with Gasteiger partial charge in [0.15, 0.2) is 6.61 Å². The third kappa shape index (κ3) is 4.48. The molecular weight excluding hydrogens is 378 g/mol. The molecule has 152 valence electrons. The molecule has 29 heavy (non-hydrogen) atoms. The average molecular weight is 399 g/mol. The molecule has 3 rings (SSSR count). The summed E-state index contributed by atoms with van der Waals surface area (Å²) in [4.78, 5) is 26.8. The summed E-state index contributed by atoms with van der Waals surface area (Å²) in [5, 5.41) is 18.9. The zero-order valence-electron chi connectivity index (χ0n) is 16.6. The van der Waals surface area contributed by atoms with Crippen molar-refractivity contribution >= 4 is 11.7 Å². The number of benzene rings is 1. The van der Waals surface area contributed by atoms with Crippen molar-refractivity contribution < 1.29 is 19.0 Å². The Morgan fingerprint density at radius 2 is 1.97 bits per heavy atom. The van der Waals surface area contributed by atoms with Gasteiger partial charge in [0.05, 0.1) is 4.92 Å². The maximum Gasteiger partial charge on any atom is 0.328 e. The monoisotopic (exact) mass is 399 g/mol. The largest absolute Gasteiger partial charge is 0.454 e. The first-order valence-electron chi connectivity index (χ1n) is 9.03. The maximum absolute atomic E-state index is 12.1. The highest BCUT2D eigenvalue weighted by atomic mass is 16.6. The SMILES string of the molecule is Cc1nn(CC(=O)OCc2nc(-c3ccc(C(C)C)cc3)no2)c(C)c1[N+](=O)[O-]. The lowest BCUT2D eigenvalue weighted by atomic mass is 10.0. The number of carbonyl (C=O) groups excluding carboxylic acids is 1. The van der Waals surface area contributed by atoms with E-state index in [1.807, 2.05) is 24.3 Å². The van der Waals surface area contributed by atoms with Gasteiger partial charge in [-0.2, -0.15) is 10.1 Å². The lowest BCUT2D eigenvalue weighted by Crippen LogP contribution is -2.15. The molecule has 0 aliphatic heterocycles. The molecule has 0 saturated heterocycles. The van der Waals surface area contributed by atoms with Gasteiger partial charge in [-0.15, -0.1) is 0 Å². The molecule has 0 fully saturated rings. The van der Waals surface area contributed by atoms with E-state index in [2.05, 4.69) is 29.1 Å². The van der Waals surface area contributed by atoms with E-state index in [-0.39, 0.29) is 36.1 Å². The van der Waals surface area contributed by atoms with Crippen LogP contribution >= 0.6 is 0 Å². The number of hydrogen-bond donors (Lipinski definition) is 0. The van der Waals surface area contributed by atoms with Gasteiger partial charge in [0, 0.05) is 5.56 Å². The van der Waals surface area contributed by atoms with Crippen LogP contribution in [0.25, 0.3) is 11.4 Å². The van der Waals surface area contributed by atoms with Gasteiger partial charge in [-0.05, 0) is 25.3 Å². The second-order valence-corrected chi connectivity index (χ2v) is 6.88. The third-order valence-corrected chi connectivity index (χ3v) is 4.47. The van der Waals surface area contributed by atoms with E-state index in [1.54, 1.807) is 0 Å². The summed E-state index contributed by atoms with van der Waals surface area (Å²) < 4.78 is 11.5. The first-order chi connectivity index (χ1) is 13.8. The number of nitro groups is 1. The average Bonchev–Trinajstić information content (AvgIpc) is 3.24. The zero-order chi connectivity index (χ0) is 21.1. The Labute approximate surface area is 166 Å². The Morgan fingerprint density at radius 1 is 1.28 bits per heavy atom. The molecule has 2 heterocycles. The van der Waals surface area contributed by atoms with Crippen LogP contribution < -0.4 is 0 Å². The maximum atomic E-state index is 12.1. The van der Waals surface area contributed by atoms with Crippen LogP contribution in [-0.2, 0) is 22.7 Å². The van der Waals surface area contributed by atoms with E-state index in [4.69, 9.17) is 9.26 Å². The zero-order valence-corrected chi connectivity index (χ0v) is 16.6. The van der Waals surface area contributed by atoms with Gasteiger partial charge in [-0.25, -0.2) is 0 Å². The van der Waals surface area contributed by atoms with Gasteiger partial charge in [-0.3, -0.25) is 19.6 Å². The lowest BCUT2D eigenvalue weighted by molar-refractivity contribution is -0.386. The minimum absolute atomic E-state index is 0.108. The second kappa shape index (κ2) is 8.21. The summed E-state index contributed by atoms with van der Waals surface area (Å²) >= 11 is 0. The Balaban J connectivity index is 1.60. The number of rotatable bonds is 7. The molecule has 3 aromatic rings. The predicted octanol–water partition coefficient (Wildman–Crippen LogP) is 3.32. The summed E-state index contributed by atoms with van der Waals surface area (Å²) in [6.07, 6.45) is 0. The molecule has 0 aliphatic carbocycles. The molecule has 2 aromatic heterocycles. The third-order valence-electron chi connectivity index (χ3n) is 4.47. The van der Waals surface area contributed by atoms with Crippen LogP contribution in [0.2, 0.25) is 0 Å². The molecule has 0 unspecified atom stereocenters.